The number of nitrogens with one attached hydrogen (secondary N) is 1. The summed E-state index contributed by atoms with van der Waals surface area (Å²) in [5.74, 6) is -0.152. The molecule has 0 aromatic heterocycles. The van der Waals surface area contributed by atoms with Gasteiger partial charge in [0.25, 0.3) is 0 Å². The van der Waals surface area contributed by atoms with Crippen LogP contribution < -0.4 is 11.1 Å². The van der Waals surface area contributed by atoms with E-state index in [0.717, 1.165) is 0 Å². The Balaban J connectivity index is 2.36. The molecule has 5 nitrogen and oxygen atoms in total. The Bertz CT molecular complexity index is 190. The van der Waals surface area contributed by atoms with Crippen molar-refractivity contribution < 1.29 is 9.90 Å². The molecule has 0 bridgehead atoms. The monoisotopic (exact) mass is 157 g/mol. The molecular weight excluding hydrogens is 146 g/mol. The third-order valence-corrected chi connectivity index (χ3v) is 1.48. The van der Waals surface area contributed by atoms with Gasteiger partial charge in [-0.3, -0.25) is 4.99 Å². The quantitative estimate of drug-likeness (QED) is 0.479. The van der Waals surface area contributed by atoms with Crippen LogP contribution in [0.2, 0.25) is 0 Å². The van der Waals surface area contributed by atoms with Gasteiger partial charge >= 0.3 is 5.97 Å². The summed E-state index contributed by atoms with van der Waals surface area (Å²) in [5.41, 5.74) is 5.26. The zero-order valence-corrected chi connectivity index (χ0v) is 6.08. The maximum Gasteiger partial charge on any atom is 0.328 e. The average molecular weight is 157 g/mol. The van der Waals surface area contributed by atoms with E-state index in [1.165, 1.54) is 0 Å². The first-order valence-corrected chi connectivity index (χ1v) is 3.46. The molecule has 62 valence electrons. The average Bonchev–Trinajstić information content (AvgIpc) is 2.37. The number of carboxylic acid groups (broad SMARTS) is 1. The van der Waals surface area contributed by atoms with E-state index in [1.807, 2.05) is 0 Å². The third-order valence-electron chi connectivity index (χ3n) is 1.48. The van der Waals surface area contributed by atoms with Gasteiger partial charge in [-0.05, 0) is 6.54 Å². The fraction of sp³-hybridized carbons (Fsp3) is 0.667. The molecule has 1 heterocycles. The zero-order chi connectivity index (χ0) is 8.27. The summed E-state index contributed by atoms with van der Waals surface area (Å²) in [6.45, 7) is 0.822. The highest BCUT2D eigenvalue weighted by Crippen LogP contribution is 1.97. The van der Waals surface area contributed by atoms with Crippen molar-refractivity contribution in [1.82, 2.24) is 5.32 Å². The minimum Gasteiger partial charge on any atom is -0.480 e. The molecule has 4 N–H and O–H groups in total. The number of aliphatic carboxylic acids is 1. The summed E-state index contributed by atoms with van der Waals surface area (Å²) in [4.78, 5) is 14.4. The van der Waals surface area contributed by atoms with Crippen molar-refractivity contribution in [2.24, 2.45) is 10.7 Å². The second kappa shape index (κ2) is 3.34. The van der Waals surface area contributed by atoms with Crippen LogP contribution in [0.5, 0.6) is 0 Å². The van der Waals surface area contributed by atoms with Crippen molar-refractivity contribution in [2.75, 3.05) is 13.1 Å². The first kappa shape index (κ1) is 8.00. The molecule has 0 saturated carbocycles. The lowest BCUT2D eigenvalue weighted by Crippen LogP contribution is -2.37. The highest BCUT2D eigenvalue weighted by Gasteiger charge is 2.22. The second-order valence-electron chi connectivity index (χ2n) is 2.36. The maximum atomic E-state index is 10.4. The van der Waals surface area contributed by atoms with E-state index in [4.69, 9.17) is 10.8 Å². The van der Waals surface area contributed by atoms with E-state index in [2.05, 4.69) is 10.3 Å². The maximum absolute atomic E-state index is 10.4. The van der Waals surface area contributed by atoms with Gasteiger partial charge in [0.05, 0.1) is 12.4 Å². The van der Waals surface area contributed by atoms with Gasteiger partial charge in [-0.25, -0.2) is 4.79 Å². The molecular formula is C6H11N3O2. The van der Waals surface area contributed by atoms with Gasteiger partial charge in [0, 0.05) is 6.42 Å². The second-order valence-corrected chi connectivity index (χ2v) is 2.36. The highest BCUT2D eigenvalue weighted by molar-refractivity contribution is 5.90. The summed E-state index contributed by atoms with van der Waals surface area (Å²) < 4.78 is 0. The lowest BCUT2D eigenvalue weighted by atomic mass is 10.3. The molecule has 0 amide bonds. The van der Waals surface area contributed by atoms with Crippen LogP contribution in [-0.2, 0) is 4.79 Å². The van der Waals surface area contributed by atoms with E-state index >= 15 is 0 Å². The van der Waals surface area contributed by atoms with Crippen molar-refractivity contribution in [3.63, 3.8) is 0 Å². The van der Waals surface area contributed by atoms with E-state index in [9.17, 15) is 4.79 Å². The van der Waals surface area contributed by atoms with Gasteiger partial charge in [0.1, 0.15) is 6.04 Å². The van der Waals surface area contributed by atoms with E-state index in [1.54, 1.807) is 0 Å². The predicted molar refractivity (Wildman–Crippen MR) is 40.5 cm³/mol. The van der Waals surface area contributed by atoms with E-state index in [-0.39, 0.29) is 0 Å². The Morgan fingerprint density at radius 3 is 3.09 bits per heavy atom. The minimum absolute atomic E-state index is 0.324. The summed E-state index contributed by atoms with van der Waals surface area (Å²) in [7, 11) is 0. The number of hydrogen-bond donors (Lipinski definition) is 3. The lowest BCUT2D eigenvalue weighted by Gasteiger charge is -2.04. The van der Waals surface area contributed by atoms with Crippen molar-refractivity contribution in [3.8, 4) is 0 Å². The Morgan fingerprint density at radius 2 is 2.64 bits per heavy atom. The summed E-state index contributed by atoms with van der Waals surface area (Å²) >= 11 is 0. The van der Waals surface area contributed by atoms with E-state index < -0.39 is 12.0 Å². The first-order valence-electron chi connectivity index (χ1n) is 3.46. The van der Waals surface area contributed by atoms with E-state index in [0.29, 0.717) is 25.3 Å². The lowest BCUT2D eigenvalue weighted by molar-refractivity contribution is -0.138. The Morgan fingerprint density at radius 1 is 1.91 bits per heavy atom. The molecule has 1 aliphatic heterocycles. The molecule has 0 aromatic rings. The van der Waals surface area contributed by atoms with Gasteiger partial charge in [-0.15, -0.1) is 0 Å². The molecule has 0 saturated heterocycles. The SMILES string of the molecule is NCCC1=NCC(C(=O)O)N1. The van der Waals surface area contributed by atoms with Gasteiger partial charge in [-0.1, -0.05) is 0 Å². The molecule has 0 fully saturated rings. The van der Waals surface area contributed by atoms with Crippen molar-refractivity contribution in [1.29, 1.82) is 0 Å². The molecule has 0 radical (unpaired) electrons. The largest absolute Gasteiger partial charge is 0.480 e. The number of rotatable bonds is 3. The number of aliphatic imine (C=N–C) groups is 1. The van der Waals surface area contributed by atoms with Crippen LogP contribution in [0.4, 0.5) is 0 Å². The van der Waals surface area contributed by atoms with Crippen LogP contribution in [0.1, 0.15) is 6.42 Å². The summed E-state index contributed by atoms with van der Waals surface area (Å²) in [6, 6.07) is -0.545. The fourth-order valence-electron chi connectivity index (χ4n) is 0.922. The molecule has 0 aliphatic carbocycles. The number of carbonyl (C=O) groups is 1. The van der Waals surface area contributed by atoms with Gasteiger partial charge in [0.15, 0.2) is 0 Å². The first-order chi connectivity index (χ1) is 5.24. The molecule has 0 aromatic carbocycles. The van der Waals surface area contributed by atoms with Crippen molar-refractivity contribution in [3.05, 3.63) is 0 Å². The minimum atomic E-state index is -0.860. The van der Waals surface area contributed by atoms with Crippen LogP contribution >= 0.6 is 0 Å². The number of nitrogens with zero attached hydrogens (tertiary/aromatic N) is 1. The van der Waals surface area contributed by atoms with Crippen LogP contribution in [0.15, 0.2) is 4.99 Å². The van der Waals surface area contributed by atoms with Gasteiger partial charge < -0.3 is 16.2 Å². The number of hydrogen-bond acceptors (Lipinski definition) is 4. The molecule has 0 spiro atoms. The van der Waals surface area contributed by atoms with Gasteiger partial charge in [0.2, 0.25) is 0 Å². The Hall–Kier alpha value is -1.10. The Labute approximate surface area is 64.3 Å². The fourth-order valence-corrected chi connectivity index (χ4v) is 0.922. The topological polar surface area (TPSA) is 87.7 Å². The molecule has 5 heteroatoms. The molecule has 1 atom stereocenters. The van der Waals surface area contributed by atoms with Crippen LogP contribution in [0, 0.1) is 0 Å². The Kier molecular flexibility index (Phi) is 2.43. The summed E-state index contributed by atoms with van der Waals surface area (Å²) in [6.07, 6.45) is 0.629. The molecule has 11 heavy (non-hydrogen) atoms. The normalized spacial score (nSPS) is 22.6. The van der Waals surface area contributed by atoms with Gasteiger partial charge in [-0.2, -0.15) is 0 Å². The summed E-state index contributed by atoms with van der Waals surface area (Å²) in [5, 5.41) is 11.3. The number of nitrogens with two attached hydrogens (primary N) is 1. The van der Waals surface area contributed by atoms with Crippen LogP contribution in [0.25, 0.3) is 0 Å². The van der Waals surface area contributed by atoms with Crippen LogP contribution in [-0.4, -0.2) is 36.0 Å². The van der Waals surface area contributed by atoms with Crippen molar-refractivity contribution >= 4 is 11.8 Å². The smallest absolute Gasteiger partial charge is 0.328 e. The molecule has 1 rings (SSSR count). The zero-order valence-electron chi connectivity index (χ0n) is 6.08. The number of carboxylic acids is 1. The number of amidine groups is 1. The van der Waals surface area contributed by atoms with Crippen molar-refractivity contribution in [2.45, 2.75) is 12.5 Å². The molecule has 1 aliphatic rings. The highest BCUT2D eigenvalue weighted by atomic mass is 16.4. The third kappa shape index (κ3) is 1.91. The standard InChI is InChI=1S/C6H11N3O2/c7-2-1-5-8-3-4(9-5)6(10)11/h4H,1-3,7H2,(H,8,9)(H,10,11). The predicted octanol–water partition coefficient (Wildman–Crippen LogP) is -1.21. The van der Waals surface area contributed by atoms with Crippen LogP contribution in [0.3, 0.4) is 0 Å². The molecule has 1 unspecified atom stereocenters.